The summed E-state index contributed by atoms with van der Waals surface area (Å²) in [4.78, 5) is 4.78. The zero-order chi connectivity index (χ0) is 26.6. The van der Waals surface area contributed by atoms with Gasteiger partial charge in [0.05, 0.1) is 24.4 Å². The van der Waals surface area contributed by atoms with E-state index in [0.29, 0.717) is 36.7 Å². The van der Waals surface area contributed by atoms with Gasteiger partial charge < -0.3 is 29.2 Å². The molecule has 4 rings (SSSR count). The number of H-pyrrole nitrogens is 1. The van der Waals surface area contributed by atoms with E-state index in [9.17, 15) is 0 Å². The number of rotatable bonds is 13. The van der Waals surface area contributed by atoms with Gasteiger partial charge in [0, 0.05) is 64.4 Å². The number of allylic oxidation sites excluding steroid dienone is 1. The van der Waals surface area contributed by atoms with Crippen LogP contribution in [-0.2, 0) is 14.2 Å². The first kappa shape index (κ1) is 27.4. The summed E-state index contributed by atoms with van der Waals surface area (Å²) < 4.78 is 22.3. The van der Waals surface area contributed by atoms with Crippen LogP contribution in [0.1, 0.15) is 39.3 Å². The maximum atomic E-state index is 8.85. The van der Waals surface area contributed by atoms with Crippen LogP contribution >= 0.6 is 0 Å². The number of fused-ring (bicyclic) bond motifs is 1. The van der Waals surface area contributed by atoms with Crippen molar-refractivity contribution in [3.63, 3.8) is 0 Å². The number of methoxy groups -OCH3 is 2. The fourth-order valence-electron chi connectivity index (χ4n) is 4.93. The molecule has 0 amide bonds. The number of aromatic nitrogens is 2. The normalized spacial score (nSPS) is 22.0. The van der Waals surface area contributed by atoms with E-state index in [1.54, 1.807) is 14.2 Å². The van der Waals surface area contributed by atoms with Crippen LogP contribution in [0.25, 0.3) is 10.9 Å². The molecule has 0 spiro atoms. The van der Waals surface area contributed by atoms with Gasteiger partial charge in [-0.25, -0.2) is 0 Å². The predicted octanol–water partition coefficient (Wildman–Crippen LogP) is 2.95. The quantitative estimate of drug-likeness (QED) is 0.213. The van der Waals surface area contributed by atoms with Gasteiger partial charge in [-0.3, -0.25) is 15.4 Å². The molecular formula is C27H42N6O4. The largest absolute Gasteiger partial charge is 0.488 e. The van der Waals surface area contributed by atoms with E-state index in [1.165, 1.54) is 0 Å². The van der Waals surface area contributed by atoms with Crippen molar-refractivity contribution in [1.29, 1.82) is 5.41 Å². The van der Waals surface area contributed by atoms with E-state index >= 15 is 0 Å². The monoisotopic (exact) mass is 514 g/mol. The summed E-state index contributed by atoms with van der Waals surface area (Å²) in [5.74, 6) is 1.74. The molecule has 3 N–H and O–H groups in total. The van der Waals surface area contributed by atoms with Gasteiger partial charge >= 0.3 is 0 Å². The molecule has 2 aliphatic rings. The fourth-order valence-corrected chi connectivity index (χ4v) is 4.93. The lowest BCUT2D eigenvalue weighted by Crippen LogP contribution is -2.57. The molecule has 10 nitrogen and oxygen atoms in total. The Bertz CT molecular complexity index is 1080. The third kappa shape index (κ3) is 6.62. The second-order valence-electron chi connectivity index (χ2n) is 10.3. The Morgan fingerprint density at radius 2 is 1.95 bits per heavy atom. The highest BCUT2D eigenvalue weighted by atomic mass is 16.7. The van der Waals surface area contributed by atoms with Crippen molar-refractivity contribution in [2.45, 2.75) is 57.6 Å². The number of ether oxygens (including phenoxy) is 4. The van der Waals surface area contributed by atoms with E-state index < -0.39 is 0 Å². The van der Waals surface area contributed by atoms with Crippen molar-refractivity contribution < 1.29 is 18.9 Å². The molecule has 2 unspecified atom stereocenters. The van der Waals surface area contributed by atoms with Crippen LogP contribution in [0.5, 0.6) is 5.75 Å². The summed E-state index contributed by atoms with van der Waals surface area (Å²) in [6.45, 7) is 10.2. The van der Waals surface area contributed by atoms with Crippen molar-refractivity contribution >= 4 is 16.6 Å². The van der Waals surface area contributed by atoms with Crippen LogP contribution in [0, 0.1) is 5.41 Å². The van der Waals surface area contributed by atoms with E-state index in [4.69, 9.17) is 24.4 Å². The smallest absolute Gasteiger partial charge is 0.180 e. The van der Waals surface area contributed by atoms with Crippen molar-refractivity contribution in [3.05, 3.63) is 35.8 Å². The van der Waals surface area contributed by atoms with Crippen LogP contribution in [0.15, 0.2) is 30.1 Å². The number of aromatic amines is 1. The molecule has 2 fully saturated rings. The Kier molecular flexibility index (Phi) is 8.74. The minimum atomic E-state index is -0.336. The molecule has 1 saturated carbocycles. The molecule has 2 aromatic rings. The lowest BCUT2D eigenvalue weighted by molar-refractivity contribution is -0.142. The SMILES string of the molecule is CN/C(=C\C(=N)c1n[nH]c2ccc(OC3(C)CC3)cc12)N1CC(C)N(CCOCC(OC)OC)C(C)C1. The van der Waals surface area contributed by atoms with Crippen molar-refractivity contribution in [2.75, 3.05) is 54.1 Å². The van der Waals surface area contributed by atoms with Gasteiger partial charge in [-0.15, -0.1) is 0 Å². The number of hydrogen-bond donors (Lipinski definition) is 3. The van der Waals surface area contributed by atoms with Crippen LogP contribution in [0.4, 0.5) is 0 Å². The zero-order valence-corrected chi connectivity index (χ0v) is 23.0. The molecule has 1 aliphatic carbocycles. The summed E-state index contributed by atoms with van der Waals surface area (Å²) in [5, 5.41) is 20.6. The average Bonchev–Trinajstić information content (AvgIpc) is 3.45. The van der Waals surface area contributed by atoms with Gasteiger partial charge in [-0.2, -0.15) is 5.10 Å². The maximum absolute atomic E-state index is 8.85. The molecule has 2 atom stereocenters. The molecular weight excluding hydrogens is 472 g/mol. The number of piperazine rings is 1. The van der Waals surface area contributed by atoms with Gasteiger partial charge in [0.1, 0.15) is 22.9 Å². The van der Waals surface area contributed by atoms with Crippen LogP contribution < -0.4 is 10.1 Å². The highest BCUT2D eigenvalue weighted by Gasteiger charge is 2.40. The Morgan fingerprint density at radius 3 is 2.57 bits per heavy atom. The Labute approximate surface area is 219 Å². The molecule has 1 aromatic carbocycles. The van der Waals surface area contributed by atoms with Gasteiger partial charge in [-0.1, -0.05) is 0 Å². The van der Waals surface area contributed by atoms with E-state index in [2.05, 4.69) is 46.1 Å². The molecule has 37 heavy (non-hydrogen) atoms. The first-order valence-electron chi connectivity index (χ1n) is 13.1. The number of nitrogens with zero attached hydrogens (tertiary/aromatic N) is 3. The number of benzene rings is 1. The summed E-state index contributed by atoms with van der Waals surface area (Å²) in [7, 11) is 5.13. The molecule has 0 radical (unpaired) electrons. The van der Waals surface area contributed by atoms with Crippen LogP contribution in [0.3, 0.4) is 0 Å². The van der Waals surface area contributed by atoms with Crippen molar-refractivity contribution in [2.24, 2.45) is 0 Å². The van der Waals surface area contributed by atoms with Gasteiger partial charge in [0.2, 0.25) is 0 Å². The Hall–Kier alpha value is -2.66. The summed E-state index contributed by atoms with van der Waals surface area (Å²) in [6.07, 6.45) is 3.69. The van der Waals surface area contributed by atoms with Crippen molar-refractivity contribution in [3.8, 4) is 5.75 Å². The Balaban J connectivity index is 1.40. The van der Waals surface area contributed by atoms with Gasteiger partial charge in [0.15, 0.2) is 6.29 Å². The molecule has 204 valence electrons. The lowest BCUT2D eigenvalue weighted by Gasteiger charge is -2.46. The number of hydrogen-bond acceptors (Lipinski definition) is 9. The number of nitrogens with one attached hydrogen (secondary N) is 3. The minimum Gasteiger partial charge on any atom is -0.488 e. The average molecular weight is 515 g/mol. The van der Waals surface area contributed by atoms with E-state index in [0.717, 1.165) is 54.9 Å². The van der Waals surface area contributed by atoms with Crippen LogP contribution in [0.2, 0.25) is 0 Å². The molecule has 10 heteroatoms. The summed E-state index contributed by atoms with van der Waals surface area (Å²) >= 11 is 0. The first-order valence-corrected chi connectivity index (χ1v) is 13.1. The second-order valence-corrected chi connectivity index (χ2v) is 10.3. The molecule has 1 saturated heterocycles. The highest BCUT2D eigenvalue weighted by molar-refractivity contribution is 6.13. The van der Waals surface area contributed by atoms with Gasteiger partial charge in [0.25, 0.3) is 0 Å². The first-order chi connectivity index (χ1) is 17.8. The third-order valence-corrected chi connectivity index (χ3v) is 7.36. The standard InChI is InChI=1S/C27H42N6O4/c1-18-15-32(16-19(2)33(18)11-12-36-17-25(34-5)35-6)24(29-4)14-22(28)26-21-13-20(37-27(3)9-10-27)7-8-23(21)30-31-26/h7-8,13-14,18-19,25,28-29H,9-12,15-17H2,1-6H3,(H,30,31)/b24-14+,28-22?. The van der Waals surface area contributed by atoms with Crippen LogP contribution in [-0.4, -0.2) is 104 Å². The third-order valence-electron chi connectivity index (χ3n) is 7.36. The molecule has 1 aromatic heterocycles. The predicted molar refractivity (Wildman–Crippen MR) is 144 cm³/mol. The summed E-state index contributed by atoms with van der Waals surface area (Å²) in [5.41, 5.74) is 1.82. The summed E-state index contributed by atoms with van der Waals surface area (Å²) in [6, 6.07) is 6.58. The molecule has 1 aliphatic heterocycles. The topological polar surface area (TPSA) is 108 Å². The fraction of sp³-hybridized carbons (Fsp3) is 0.630. The van der Waals surface area contributed by atoms with E-state index in [1.807, 2.05) is 31.3 Å². The minimum absolute atomic E-state index is 0.0534. The Morgan fingerprint density at radius 1 is 1.24 bits per heavy atom. The highest BCUT2D eigenvalue weighted by Crippen LogP contribution is 2.40. The molecule has 0 bridgehead atoms. The second kappa shape index (κ2) is 11.8. The zero-order valence-electron chi connectivity index (χ0n) is 23.0. The molecule has 2 heterocycles. The van der Waals surface area contributed by atoms with Gasteiger partial charge in [-0.05, 0) is 51.8 Å². The van der Waals surface area contributed by atoms with E-state index in [-0.39, 0.29) is 11.9 Å². The lowest BCUT2D eigenvalue weighted by atomic mass is 10.1. The van der Waals surface area contributed by atoms with Crippen molar-refractivity contribution in [1.82, 2.24) is 25.3 Å². The maximum Gasteiger partial charge on any atom is 0.180 e.